The molecule has 0 aliphatic rings. The Bertz CT molecular complexity index is 272. The molecular formula is C10H18N2S2. The summed E-state index contributed by atoms with van der Waals surface area (Å²) in [6, 6.07) is 0. The molecule has 0 unspecified atom stereocenters. The van der Waals surface area contributed by atoms with Crippen LogP contribution in [0, 0.1) is 0 Å². The van der Waals surface area contributed by atoms with Crippen molar-refractivity contribution in [1.82, 2.24) is 0 Å². The fraction of sp³-hybridized carbons (Fsp3) is 0.500. The zero-order valence-electron chi connectivity index (χ0n) is 9.16. The second-order valence-electron chi connectivity index (χ2n) is 2.75. The summed E-state index contributed by atoms with van der Waals surface area (Å²) in [5.41, 5.74) is 7.30. The molecule has 0 radical (unpaired) electrons. The Labute approximate surface area is 96.2 Å². The number of thioether (sulfide) groups is 1. The second-order valence-corrected chi connectivity index (χ2v) is 4.10. The molecule has 4 heteroatoms. The smallest absolute Gasteiger partial charge is 0.0755 e. The molecule has 0 fully saturated rings. The minimum atomic E-state index is 0.877. The molecule has 80 valence electrons. The van der Waals surface area contributed by atoms with Crippen LogP contribution in [0.25, 0.3) is 0 Å². The number of hydrogen-bond acceptors (Lipinski definition) is 4. The van der Waals surface area contributed by atoms with Gasteiger partial charge in [-0.05, 0) is 36.3 Å². The molecule has 0 rings (SSSR count). The molecule has 14 heavy (non-hydrogen) atoms. The lowest BCUT2D eigenvalue weighted by molar-refractivity contribution is 1.20. The molecule has 0 aliphatic carbocycles. The van der Waals surface area contributed by atoms with Crippen molar-refractivity contribution in [3.8, 4) is 0 Å². The van der Waals surface area contributed by atoms with E-state index in [4.69, 9.17) is 5.73 Å². The van der Waals surface area contributed by atoms with Crippen LogP contribution < -0.4 is 5.73 Å². The fourth-order valence-electron chi connectivity index (χ4n) is 1.09. The first-order valence-electron chi connectivity index (χ1n) is 4.44. The summed E-state index contributed by atoms with van der Waals surface area (Å²) >= 11 is 6.19. The monoisotopic (exact) mass is 230 g/mol. The highest BCUT2D eigenvalue weighted by molar-refractivity contribution is 8.03. The lowest BCUT2D eigenvalue weighted by Gasteiger charge is -2.09. The van der Waals surface area contributed by atoms with Crippen molar-refractivity contribution < 1.29 is 0 Å². The fourth-order valence-corrected chi connectivity index (χ4v) is 2.38. The van der Waals surface area contributed by atoms with Gasteiger partial charge in [0.1, 0.15) is 0 Å². The topological polar surface area (TPSA) is 38.4 Å². The third-order valence-electron chi connectivity index (χ3n) is 1.90. The number of allylic oxidation sites excluding steroid dienone is 3. The van der Waals surface area contributed by atoms with Gasteiger partial charge in [0.25, 0.3) is 0 Å². The molecule has 0 saturated carbocycles. The summed E-state index contributed by atoms with van der Waals surface area (Å²) in [4.78, 5) is 6.36. The van der Waals surface area contributed by atoms with Gasteiger partial charge in [-0.2, -0.15) is 0 Å². The van der Waals surface area contributed by atoms with Gasteiger partial charge in [0, 0.05) is 12.0 Å². The van der Waals surface area contributed by atoms with E-state index in [9.17, 15) is 0 Å². The van der Waals surface area contributed by atoms with Crippen molar-refractivity contribution in [3.05, 3.63) is 21.6 Å². The molecule has 0 aliphatic heterocycles. The predicted octanol–water partition coefficient (Wildman–Crippen LogP) is 2.83. The van der Waals surface area contributed by atoms with Crippen LogP contribution in [0.15, 0.2) is 26.6 Å². The highest BCUT2D eigenvalue weighted by Gasteiger charge is 2.08. The number of aliphatic imine (C=N–C) groups is 1. The Balaban J connectivity index is 5.16. The van der Waals surface area contributed by atoms with Crippen LogP contribution >= 0.6 is 24.4 Å². The normalized spacial score (nSPS) is 15.5. The van der Waals surface area contributed by atoms with E-state index in [2.05, 4.69) is 24.5 Å². The molecule has 2 nitrogen and oxygen atoms in total. The lowest BCUT2D eigenvalue weighted by Crippen LogP contribution is -2.04. The van der Waals surface area contributed by atoms with Crippen LogP contribution in [0.2, 0.25) is 0 Å². The van der Waals surface area contributed by atoms with Gasteiger partial charge < -0.3 is 5.73 Å². The Morgan fingerprint density at radius 3 is 2.43 bits per heavy atom. The van der Waals surface area contributed by atoms with Gasteiger partial charge in [-0.1, -0.05) is 6.92 Å². The Hall–Kier alpha value is -0.350. The Kier molecular flexibility index (Phi) is 6.83. The maximum atomic E-state index is 5.46. The first kappa shape index (κ1) is 13.7. The molecule has 0 spiro atoms. The summed E-state index contributed by atoms with van der Waals surface area (Å²) in [6.45, 7) is 4.04. The van der Waals surface area contributed by atoms with E-state index >= 15 is 0 Å². The molecule has 0 bridgehead atoms. The molecule has 0 aromatic carbocycles. The molecule has 0 aromatic rings. The SMILES string of the molecule is CC\C(SC)=C(S)/C(=N\C)C(/C)=C/N. The molecule has 0 atom stereocenters. The largest absolute Gasteiger partial charge is 0.404 e. The van der Waals surface area contributed by atoms with Crippen molar-refractivity contribution in [2.45, 2.75) is 20.3 Å². The first-order chi connectivity index (χ1) is 6.62. The summed E-state index contributed by atoms with van der Waals surface area (Å²) in [5, 5.41) is 0. The van der Waals surface area contributed by atoms with E-state index in [1.807, 2.05) is 13.2 Å². The minimum absolute atomic E-state index is 0.877. The Morgan fingerprint density at radius 2 is 2.14 bits per heavy atom. The van der Waals surface area contributed by atoms with Gasteiger partial charge in [0.15, 0.2) is 0 Å². The molecule has 0 saturated heterocycles. The van der Waals surface area contributed by atoms with Gasteiger partial charge in [-0.3, -0.25) is 4.99 Å². The maximum absolute atomic E-state index is 5.46. The van der Waals surface area contributed by atoms with Crippen molar-refractivity contribution in [2.24, 2.45) is 10.7 Å². The molecular weight excluding hydrogens is 212 g/mol. The van der Waals surface area contributed by atoms with Crippen LogP contribution in [0.1, 0.15) is 20.3 Å². The third-order valence-corrected chi connectivity index (χ3v) is 3.52. The van der Waals surface area contributed by atoms with E-state index < -0.39 is 0 Å². The number of nitrogens with two attached hydrogens (primary N) is 1. The summed E-state index contributed by atoms with van der Waals surface area (Å²) < 4.78 is 0. The van der Waals surface area contributed by atoms with Gasteiger partial charge in [-0.25, -0.2) is 0 Å². The highest BCUT2D eigenvalue weighted by atomic mass is 32.2. The van der Waals surface area contributed by atoms with Crippen molar-refractivity contribution in [2.75, 3.05) is 13.3 Å². The average Bonchev–Trinajstić information content (AvgIpc) is 2.20. The number of rotatable bonds is 4. The van der Waals surface area contributed by atoms with Crippen LogP contribution in [-0.2, 0) is 0 Å². The molecule has 0 aromatic heterocycles. The van der Waals surface area contributed by atoms with Crippen LogP contribution in [0.4, 0.5) is 0 Å². The van der Waals surface area contributed by atoms with Gasteiger partial charge >= 0.3 is 0 Å². The minimum Gasteiger partial charge on any atom is -0.404 e. The van der Waals surface area contributed by atoms with E-state index in [-0.39, 0.29) is 0 Å². The van der Waals surface area contributed by atoms with Gasteiger partial charge in [0.05, 0.1) is 5.71 Å². The van der Waals surface area contributed by atoms with E-state index in [0.29, 0.717) is 0 Å². The zero-order valence-corrected chi connectivity index (χ0v) is 10.9. The van der Waals surface area contributed by atoms with Gasteiger partial charge in [-0.15, -0.1) is 24.4 Å². The first-order valence-corrected chi connectivity index (χ1v) is 6.11. The number of thiol groups is 1. The number of nitrogens with zero attached hydrogens (tertiary/aromatic N) is 1. The zero-order chi connectivity index (χ0) is 11.1. The summed E-state index contributed by atoms with van der Waals surface area (Å²) in [7, 11) is 1.76. The standard InChI is InChI=1S/C10H18N2S2/c1-5-8(14-4)10(13)9(12-3)7(2)6-11/h6,13H,5,11H2,1-4H3/b7-6+,10-8-,12-9-. The van der Waals surface area contributed by atoms with Crippen LogP contribution in [-0.4, -0.2) is 19.0 Å². The predicted molar refractivity (Wildman–Crippen MR) is 71.1 cm³/mol. The lowest BCUT2D eigenvalue weighted by atomic mass is 10.1. The van der Waals surface area contributed by atoms with Crippen LogP contribution in [0.3, 0.4) is 0 Å². The molecule has 2 N–H and O–H groups in total. The Morgan fingerprint density at radius 1 is 1.57 bits per heavy atom. The van der Waals surface area contributed by atoms with E-state index in [1.165, 1.54) is 4.91 Å². The summed E-state index contributed by atoms with van der Waals surface area (Å²) in [5.74, 6) is 0. The quantitative estimate of drug-likeness (QED) is 0.576. The van der Waals surface area contributed by atoms with E-state index in [0.717, 1.165) is 22.6 Å². The van der Waals surface area contributed by atoms with Crippen LogP contribution in [0.5, 0.6) is 0 Å². The molecule has 0 amide bonds. The van der Waals surface area contributed by atoms with E-state index in [1.54, 1.807) is 25.0 Å². The molecule has 0 heterocycles. The van der Waals surface area contributed by atoms with Crippen molar-refractivity contribution in [1.29, 1.82) is 0 Å². The van der Waals surface area contributed by atoms with Crippen molar-refractivity contribution >= 4 is 30.1 Å². The third kappa shape index (κ3) is 3.42. The second kappa shape index (κ2) is 7.01. The highest BCUT2D eigenvalue weighted by Crippen LogP contribution is 2.25. The van der Waals surface area contributed by atoms with Crippen molar-refractivity contribution in [3.63, 3.8) is 0 Å². The maximum Gasteiger partial charge on any atom is 0.0755 e. The number of hydrogen-bond donors (Lipinski definition) is 2. The average molecular weight is 230 g/mol. The van der Waals surface area contributed by atoms with Gasteiger partial charge in [0.2, 0.25) is 0 Å². The summed E-state index contributed by atoms with van der Waals surface area (Å²) in [6.07, 6.45) is 4.58.